The third-order valence-corrected chi connectivity index (χ3v) is 5.49. The minimum atomic E-state index is -3.80. The Hall–Kier alpha value is -2.18. The van der Waals surface area contributed by atoms with E-state index in [0.717, 1.165) is 9.54 Å². The van der Waals surface area contributed by atoms with Gasteiger partial charge in [0, 0.05) is 18.2 Å². The summed E-state index contributed by atoms with van der Waals surface area (Å²) in [7, 11) is -3.80. The van der Waals surface area contributed by atoms with Crippen LogP contribution in [0.2, 0.25) is 0 Å². The Morgan fingerprint density at radius 3 is 2.48 bits per heavy atom. The molecule has 3 rings (SSSR count). The molecule has 6 heteroatoms. The van der Waals surface area contributed by atoms with Gasteiger partial charge in [-0.15, -0.1) is 0 Å². The van der Waals surface area contributed by atoms with Gasteiger partial charge in [-0.25, -0.2) is 16.8 Å². The Balaban J connectivity index is 2.22. The van der Waals surface area contributed by atoms with Crippen LogP contribution in [0.1, 0.15) is 11.1 Å². The van der Waals surface area contributed by atoms with Gasteiger partial charge in [0.15, 0.2) is 0 Å². The first-order chi connectivity index (χ1) is 10.9. The molecule has 0 saturated carbocycles. The smallest absolute Gasteiger partial charge is 0.268 e. The summed E-state index contributed by atoms with van der Waals surface area (Å²) in [5, 5.41) is 9.71. The van der Waals surface area contributed by atoms with E-state index in [0.29, 0.717) is 10.9 Å². The van der Waals surface area contributed by atoms with Gasteiger partial charge in [0.2, 0.25) is 0 Å². The Labute approximate surface area is 133 Å². The number of nitrogens with zero attached hydrogens (tertiary/aromatic N) is 1. The van der Waals surface area contributed by atoms with E-state index in [4.69, 9.17) is 5.11 Å². The van der Waals surface area contributed by atoms with Gasteiger partial charge in [-0.3, -0.25) is 0 Å². The van der Waals surface area contributed by atoms with Crippen molar-refractivity contribution < 1.29 is 17.9 Å². The third kappa shape index (κ3) is 2.75. The first-order valence-corrected chi connectivity index (χ1v) is 8.60. The minimum absolute atomic E-state index is 0.131. The van der Waals surface area contributed by atoms with E-state index in [1.807, 2.05) is 6.92 Å². The molecule has 0 aliphatic rings. The predicted octanol–water partition coefficient (Wildman–Crippen LogP) is 2.86. The van der Waals surface area contributed by atoms with Crippen LogP contribution in [0, 0.1) is 12.7 Å². The molecule has 2 aromatic carbocycles. The summed E-state index contributed by atoms with van der Waals surface area (Å²) >= 11 is 0. The molecular formula is C17H16FNO3S. The quantitative estimate of drug-likeness (QED) is 0.799. The lowest BCUT2D eigenvalue weighted by molar-refractivity contribution is 0.300. The Morgan fingerprint density at radius 2 is 1.83 bits per heavy atom. The topological polar surface area (TPSA) is 59.3 Å². The van der Waals surface area contributed by atoms with E-state index in [9.17, 15) is 12.8 Å². The molecule has 0 atom stereocenters. The summed E-state index contributed by atoms with van der Waals surface area (Å²) in [4.78, 5) is 0.147. The van der Waals surface area contributed by atoms with Gasteiger partial charge in [-0.05, 0) is 49.2 Å². The van der Waals surface area contributed by atoms with Crippen LogP contribution in [0.25, 0.3) is 10.9 Å². The molecule has 4 nitrogen and oxygen atoms in total. The van der Waals surface area contributed by atoms with Crippen molar-refractivity contribution >= 4 is 20.9 Å². The van der Waals surface area contributed by atoms with Gasteiger partial charge >= 0.3 is 0 Å². The van der Waals surface area contributed by atoms with Crippen LogP contribution in [0.4, 0.5) is 4.39 Å². The molecule has 0 aliphatic carbocycles. The first kappa shape index (κ1) is 15.7. The number of aliphatic hydroxyl groups is 1. The number of hydrogen-bond acceptors (Lipinski definition) is 3. The number of benzene rings is 2. The van der Waals surface area contributed by atoms with Crippen LogP contribution in [0.3, 0.4) is 0 Å². The second-order valence-electron chi connectivity index (χ2n) is 5.40. The summed E-state index contributed by atoms with van der Waals surface area (Å²) in [6, 6.07) is 10.6. The maximum absolute atomic E-state index is 13.8. The molecule has 0 bridgehead atoms. The molecule has 120 valence electrons. The molecule has 0 amide bonds. The molecule has 1 heterocycles. The van der Waals surface area contributed by atoms with Crippen molar-refractivity contribution in [2.45, 2.75) is 18.2 Å². The van der Waals surface area contributed by atoms with Gasteiger partial charge in [-0.2, -0.15) is 0 Å². The van der Waals surface area contributed by atoms with E-state index in [-0.39, 0.29) is 23.4 Å². The summed E-state index contributed by atoms with van der Waals surface area (Å²) in [5.41, 5.74) is 1.81. The Kier molecular flexibility index (Phi) is 3.95. The van der Waals surface area contributed by atoms with E-state index < -0.39 is 15.8 Å². The second kappa shape index (κ2) is 5.79. The largest absolute Gasteiger partial charge is 0.396 e. The normalized spacial score (nSPS) is 12.0. The first-order valence-electron chi connectivity index (χ1n) is 7.16. The molecule has 0 aliphatic heterocycles. The zero-order chi connectivity index (χ0) is 16.6. The highest BCUT2D eigenvalue weighted by Crippen LogP contribution is 2.26. The maximum Gasteiger partial charge on any atom is 0.268 e. The van der Waals surface area contributed by atoms with Crippen molar-refractivity contribution in [3.05, 3.63) is 65.6 Å². The lowest BCUT2D eigenvalue weighted by atomic mass is 10.1. The zero-order valence-electron chi connectivity index (χ0n) is 12.5. The molecule has 1 N–H and O–H groups in total. The molecule has 0 spiro atoms. The molecule has 0 saturated heterocycles. The molecule has 0 unspecified atom stereocenters. The van der Waals surface area contributed by atoms with Crippen LogP contribution in [-0.4, -0.2) is 24.1 Å². The van der Waals surface area contributed by atoms with Crippen molar-refractivity contribution in [2.75, 3.05) is 6.61 Å². The molecule has 1 aromatic heterocycles. The standard InChI is InChI=1S/C17H16FNO3S/c1-12-2-4-15(5-3-12)23(21,22)19-8-6-16-13(7-9-20)10-14(18)11-17(16)19/h2-6,8,10-11,20H,7,9H2,1H3. The van der Waals surface area contributed by atoms with E-state index in [1.165, 1.54) is 30.5 Å². The van der Waals surface area contributed by atoms with Crippen LogP contribution in [0.5, 0.6) is 0 Å². The van der Waals surface area contributed by atoms with Crippen LogP contribution < -0.4 is 0 Å². The van der Waals surface area contributed by atoms with Gasteiger partial charge in [0.05, 0.1) is 10.4 Å². The maximum atomic E-state index is 13.8. The number of fused-ring (bicyclic) bond motifs is 1. The van der Waals surface area contributed by atoms with E-state index >= 15 is 0 Å². The molecule has 0 fully saturated rings. The lowest BCUT2D eigenvalue weighted by Gasteiger charge is -2.09. The Bertz CT molecular complexity index is 959. The predicted molar refractivity (Wildman–Crippen MR) is 86.4 cm³/mol. The van der Waals surface area contributed by atoms with Gasteiger partial charge in [0.1, 0.15) is 5.82 Å². The molecular weight excluding hydrogens is 317 g/mol. The number of aryl methyl sites for hydroxylation is 1. The van der Waals surface area contributed by atoms with Crippen molar-refractivity contribution in [1.82, 2.24) is 3.97 Å². The SMILES string of the molecule is Cc1ccc(S(=O)(=O)n2ccc3c(CCO)cc(F)cc32)cc1. The fraction of sp³-hybridized carbons (Fsp3) is 0.176. The fourth-order valence-corrected chi connectivity index (χ4v) is 3.95. The Morgan fingerprint density at radius 1 is 1.13 bits per heavy atom. The van der Waals surface area contributed by atoms with Crippen LogP contribution >= 0.6 is 0 Å². The molecule has 3 aromatic rings. The fourth-order valence-electron chi connectivity index (χ4n) is 2.62. The molecule has 23 heavy (non-hydrogen) atoms. The van der Waals surface area contributed by atoms with Crippen molar-refractivity contribution in [2.24, 2.45) is 0 Å². The highest BCUT2D eigenvalue weighted by atomic mass is 32.2. The van der Waals surface area contributed by atoms with E-state index in [2.05, 4.69) is 0 Å². The summed E-state index contributed by atoms with van der Waals surface area (Å²) in [6.07, 6.45) is 1.68. The lowest BCUT2D eigenvalue weighted by Crippen LogP contribution is -2.12. The van der Waals surface area contributed by atoms with Crippen LogP contribution in [0.15, 0.2) is 53.6 Å². The average Bonchev–Trinajstić information content (AvgIpc) is 2.92. The number of halogens is 1. The molecule has 0 radical (unpaired) electrons. The number of hydrogen-bond donors (Lipinski definition) is 1. The summed E-state index contributed by atoms with van der Waals surface area (Å²) in [6.45, 7) is 1.74. The van der Waals surface area contributed by atoms with Gasteiger partial charge < -0.3 is 5.11 Å². The highest BCUT2D eigenvalue weighted by Gasteiger charge is 2.20. The van der Waals surface area contributed by atoms with Crippen LogP contribution in [-0.2, 0) is 16.4 Å². The second-order valence-corrected chi connectivity index (χ2v) is 7.22. The van der Waals surface area contributed by atoms with Crippen molar-refractivity contribution in [1.29, 1.82) is 0 Å². The monoisotopic (exact) mass is 333 g/mol. The highest BCUT2D eigenvalue weighted by molar-refractivity contribution is 7.90. The van der Waals surface area contributed by atoms with Crippen molar-refractivity contribution in [3.8, 4) is 0 Å². The number of aromatic nitrogens is 1. The summed E-state index contributed by atoms with van der Waals surface area (Å²) in [5.74, 6) is -0.528. The average molecular weight is 333 g/mol. The summed E-state index contributed by atoms with van der Waals surface area (Å²) < 4.78 is 40.5. The van der Waals surface area contributed by atoms with Gasteiger partial charge in [-0.1, -0.05) is 17.7 Å². The zero-order valence-corrected chi connectivity index (χ0v) is 13.3. The third-order valence-electron chi connectivity index (χ3n) is 3.78. The van der Waals surface area contributed by atoms with E-state index in [1.54, 1.807) is 18.2 Å². The number of rotatable bonds is 4. The van der Waals surface area contributed by atoms with Gasteiger partial charge in [0.25, 0.3) is 10.0 Å². The number of aliphatic hydroxyl groups excluding tert-OH is 1. The minimum Gasteiger partial charge on any atom is -0.396 e. The van der Waals surface area contributed by atoms with Crippen molar-refractivity contribution in [3.63, 3.8) is 0 Å².